The van der Waals surface area contributed by atoms with Gasteiger partial charge in [-0.3, -0.25) is 4.68 Å². The van der Waals surface area contributed by atoms with E-state index in [2.05, 4.69) is 18.2 Å². The molecule has 2 rings (SSSR count). The van der Waals surface area contributed by atoms with E-state index in [1.165, 1.54) is 0 Å². The van der Waals surface area contributed by atoms with Crippen LogP contribution in [-0.4, -0.2) is 24.0 Å². The summed E-state index contributed by atoms with van der Waals surface area (Å²) in [5.41, 5.74) is 10.0. The van der Waals surface area contributed by atoms with Gasteiger partial charge in [0, 0.05) is 24.8 Å². The van der Waals surface area contributed by atoms with E-state index in [1.54, 1.807) is 14.2 Å². The fourth-order valence-corrected chi connectivity index (χ4v) is 2.47. The second-order valence-corrected chi connectivity index (χ2v) is 4.96. The smallest absolute Gasteiger partial charge is 0.161 e. The molecule has 0 radical (unpaired) electrons. The van der Waals surface area contributed by atoms with Crippen LogP contribution in [0.5, 0.6) is 11.5 Å². The Labute approximate surface area is 125 Å². The maximum atomic E-state index is 5.90. The Kier molecular flexibility index (Phi) is 4.85. The molecule has 0 unspecified atom stereocenters. The number of nitrogens with zero attached hydrogens (tertiary/aromatic N) is 2. The van der Waals surface area contributed by atoms with Gasteiger partial charge in [-0.2, -0.15) is 5.10 Å². The number of aryl methyl sites for hydroxylation is 2. The van der Waals surface area contributed by atoms with Gasteiger partial charge in [-0.25, -0.2) is 0 Å². The van der Waals surface area contributed by atoms with Crippen molar-refractivity contribution in [3.63, 3.8) is 0 Å². The van der Waals surface area contributed by atoms with Crippen LogP contribution in [0.1, 0.15) is 24.6 Å². The normalized spacial score (nSPS) is 10.7. The predicted octanol–water partition coefficient (Wildman–Crippen LogP) is 2.74. The van der Waals surface area contributed by atoms with Crippen LogP contribution in [0.2, 0.25) is 0 Å². The van der Waals surface area contributed by atoms with Gasteiger partial charge >= 0.3 is 0 Å². The van der Waals surface area contributed by atoms with Crippen LogP contribution >= 0.6 is 0 Å². The second kappa shape index (κ2) is 6.63. The zero-order chi connectivity index (χ0) is 15.4. The van der Waals surface area contributed by atoms with Gasteiger partial charge in [0.15, 0.2) is 11.5 Å². The van der Waals surface area contributed by atoms with E-state index in [9.17, 15) is 0 Å². The number of methoxy groups -OCH3 is 2. The summed E-state index contributed by atoms with van der Waals surface area (Å²) in [4.78, 5) is 0. The highest BCUT2D eigenvalue weighted by Gasteiger charge is 2.15. The summed E-state index contributed by atoms with van der Waals surface area (Å²) in [6.07, 6.45) is 3.12. The highest BCUT2D eigenvalue weighted by molar-refractivity contribution is 5.72. The minimum atomic E-state index is 0.439. The summed E-state index contributed by atoms with van der Waals surface area (Å²) in [6, 6.07) is 3.91. The fourth-order valence-electron chi connectivity index (χ4n) is 2.47. The quantitative estimate of drug-likeness (QED) is 0.888. The molecule has 0 saturated carbocycles. The SMILES string of the molecule is CCCn1cc(-c2cc(OC)c(OC)cc2CN)c(C)n1. The summed E-state index contributed by atoms with van der Waals surface area (Å²) in [6.45, 7) is 5.50. The van der Waals surface area contributed by atoms with E-state index in [1.807, 2.05) is 23.7 Å². The highest BCUT2D eigenvalue weighted by Crippen LogP contribution is 2.36. The molecular weight excluding hydrogens is 266 g/mol. The molecule has 0 bridgehead atoms. The van der Waals surface area contributed by atoms with Gasteiger partial charge in [0.2, 0.25) is 0 Å². The van der Waals surface area contributed by atoms with E-state index in [4.69, 9.17) is 15.2 Å². The standard InChI is InChI=1S/C16H23N3O2/c1-5-6-19-10-14(11(2)18-19)13-8-16(21-4)15(20-3)7-12(13)9-17/h7-8,10H,5-6,9,17H2,1-4H3. The van der Waals surface area contributed by atoms with Crippen LogP contribution in [0.4, 0.5) is 0 Å². The van der Waals surface area contributed by atoms with Gasteiger partial charge in [0.05, 0.1) is 19.9 Å². The topological polar surface area (TPSA) is 62.3 Å². The summed E-state index contributed by atoms with van der Waals surface area (Å²) in [5.74, 6) is 1.40. The Bertz CT molecular complexity index is 620. The monoisotopic (exact) mass is 289 g/mol. The summed E-state index contributed by atoms with van der Waals surface area (Å²) in [7, 11) is 3.26. The third-order valence-corrected chi connectivity index (χ3v) is 3.52. The van der Waals surface area contributed by atoms with E-state index in [0.717, 1.165) is 35.3 Å². The van der Waals surface area contributed by atoms with Crippen LogP contribution in [-0.2, 0) is 13.1 Å². The molecule has 0 amide bonds. The number of rotatable bonds is 6. The van der Waals surface area contributed by atoms with Gasteiger partial charge in [0.1, 0.15) is 0 Å². The van der Waals surface area contributed by atoms with Crippen LogP contribution < -0.4 is 15.2 Å². The zero-order valence-corrected chi connectivity index (χ0v) is 13.1. The summed E-state index contributed by atoms with van der Waals surface area (Å²) < 4.78 is 12.7. The van der Waals surface area contributed by atoms with Crippen molar-refractivity contribution in [1.29, 1.82) is 0 Å². The number of aromatic nitrogens is 2. The van der Waals surface area contributed by atoms with E-state index in [-0.39, 0.29) is 0 Å². The largest absolute Gasteiger partial charge is 0.493 e. The van der Waals surface area contributed by atoms with Crippen molar-refractivity contribution in [3.8, 4) is 22.6 Å². The van der Waals surface area contributed by atoms with E-state index >= 15 is 0 Å². The van der Waals surface area contributed by atoms with Crippen molar-refractivity contribution in [2.75, 3.05) is 14.2 Å². The van der Waals surface area contributed by atoms with Crippen LogP contribution in [0.15, 0.2) is 18.3 Å². The highest BCUT2D eigenvalue weighted by atomic mass is 16.5. The maximum Gasteiger partial charge on any atom is 0.161 e. The van der Waals surface area contributed by atoms with E-state index in [0.29, 0.717) is 18.0 Å². The molecule has 21 heavy (non-hydrogen) atoms. The van der Waals surface area contributed by atoms with Crippen LogP contribution in [0, 0.1) is 6.92 Å². The molecule has 5 nitrogen and oxygen atoms in total. The van der Waals surface area contributed by atoms with Gasteiger partial charge in [-0.15, -0.1) is 0 Å². The predicted molar refractivity (Wildman–Crippen MR) is 83.7 cm³/mol. The van der Waals surface area contributed by atoms with Crippen molar-refractivity contribution in [2.45, 2.75) is 33.4 Å². The lowest BCUT2D eigenvalue weighted by Crippen LogP contribution is -2.01. The van der Waals surface area contributed by atoms with Crippen LogP contribution in [0.3, 0.4) is 0 Å². The molecule has 0 aliphatic rings. The number of nitrogens with two attached hydrogens (primary N) is 1. The lowest BCUT2D eigenvalue weighted by atomic mass is 9.99. The van der Waals surface area contributed by atoms with Crippen molar-refractivity contribution in [1.82, 2.24) is 9.78 Å². The molecule has 1 heterocycles. The molecule has 1 aromatic heterocycles. The Hall–Kier alpha value is -2.01. The average molecular weight is 289 g/mol. The Morgan fingerprint density at radius 1 is 1.14 bits per heavy atom. The minimum absolute atomic E-state index is 0.439. The first-order chi connectivity index (χ1) is 10.1. The fraction of sp³-hybridized carbons (Fsp3) is 0.438. The third kappa shape index (κ3) is 3.03. The second-order valence-electron chi connectivity index (χ2n) is 4.96. The third-order valence-electron chi connectivity index (χ3n) is 3.52. The molecule has 2 N–H and O–H groups in total. The molecule has 0 saturated heterocycles. The number of hydrogen-bond acceptors (Lipinski definition) is 4. The molecule has 2 aromatic rings. The van der Waals surface area contributed by atoms with Crippen molar-refractivity contribution >= 4 is 0 Å². The Balaban J connectivity index is 2.56. The van der Waals surface area contributed by atoms with Gasteiger partial charge in [0.25, 0.3) is 0 Å². The maximum absolute atomic E-state index is 5.90. The van der Waals surface area contributed by atoms with Crippen molar-refractivity contribution < 1.29 is 9.47 Å². The number of benzene rings is 1. The Morgan fingerprint density at radius 3 is 2.38 bits per heavy atom. The molecule has 114 valence electrons. The van der Waals surface area contributed by atoms with E-state index < -0.39 is 0 Å². The number of ether oxygens (including phenoxy) is 2. The summed E-state index contributed by atoms with van der Waals surface area (Å²) >= 11 is 0. The van der Waals surface area contributed by atoms with Gasteiger partial charge in [-0.05, 0) is 36.6 Å². The van der Waals surface area contributed by atoms with Crippen LogP contribution in [0.25, 0.3) is 11.1 Å². The number of hydrogen-bond donors (Lipinski definition) is 1. The molecule has 5 heteroatoms. The first-order valence-corrected chi connectivity index (χ1v) is 7.14. The first-order valence-electron chi connectivity index (χ1n) is 7.14. The molecule has 1 aromatic carbocycles. The average Bonchev–Trinajstić information content (AvgIpc) is 2.86. The van der Waals surface area contributed by atoms with Crippen molar-refractivity contribution in [3.05, 3.63) is 29.6 Å². The molecule has 0 aliphatic heterocycles. The lowest BCUT2D eigenvalue weighted by molar-refractivity contribution is 0.354. The zero-order valence-electron chi connectivity index (χ0n) is 13.1. The summed E-state index contributed by atoms with van der Waals surface area (Å²) in [5, 5.41) is 4.55. The first kappa shape index (κ1) is 15.4. The van der Waals surface area contributed by atoms with Gasteiger partial charge in [-0.1, -0.05) is 6.92 Å². The molecule has 0 atom stereocenters. The lowest BCUT2D eigenvalue weighted by Gasteiger charge is -2.13. The molecular formula is C16H23N3O2. The Morgan fingerprint density at radius 2 is 1.81 bits per heavy atom. The van der Waals surface area contributed by atoms with Gasteiger partial charge < -0.3 is 15.2 Å². The molecule has 0 spiro atoms. The van der Waals surface area contributed by atoms with Crippen molar-refractivity contribution in [2.24, 2.45) is 5.73 Å². The molecule has 0 fully saturated rings. The molecule has 0 aliphatic carbocycles. The minimum Gasteiger partial charge on any atom is -0.493 e.